The number of hydrogen-bond donors (Lipinski definition) is 1. The van der Waals surface area contributed by atoms with Crippen molar-refractivity contribution < 1.29 is 9.53 Å². The topological polar surface area (TPSA) is 58.9 Å². The number of fused-ring (bicyclic) bond motifs is 1. The van der Waals surface area contributed by atoms with Crippen LogP contribution in [0.25, 0.3) is 16.2 Å². The summed E-state index contributed by atoms with van der Waals surface area (Å²) in [6.45, 7) is 10.9. The Bertz CT molecular complexity index is 1240. The van der Waals surface area contributed by atoms with E-state index in [9.17, 15) is 4.79 Å². The van der Waals surface area contributed by atoms with Crippen LogP contribution >= 0.6 is 11.3 Å². The van der Waals surface area contributed by atoms with Gasteiger partial charge < -0.3 is 15.0 Å². The number of imidazole rings is 1. The first kappa shape index (κ1) is 22.9. The van der Waals surface area contributed by atoms with Gasteiger partial charge in [-0.2, -0.15) is 0 Å². The van der Waals surface area contributed by atoms with Gasteiger partial charge in [0.25, 0.3) is 0 Å². The quantitative estimate of drug-likeness (QED) is 0.342. The number of nitrogens with zero attached hydrogens (tertiary/aromatic N) is 3. The molecule has 0 saturated heterocycles. The number of thiazole rings is 1. The fourth-order valence-corrected chi connectivity index (χ4v) is 4.79. The highest BCUT2D eigenvalue weighted by atomic mass is 32.1. The number of aryl methyl sites for hydroxylation is 1. The lowest BCUT2D eigenvalue weighted by Crippen LogP contribution is -2.22. The second-order valence-electron chi connectivity index (χ2n) is 7.86. The Hall–Kier alpha value is -3.32. The molecule has 0 bridgehead atoms. The number of aromatic nitrogens is 2. The van der Waals surface area contributed by atoms with Crippen LogP contribution in [0.15, 0.2) is 54.0 Å². The minimum absolute atomic E-state index is 0.0373. The summed E-state index contributed by atoms with van der Waals surface area (Å²) >= 11 is 1.54. The molecule has 33 heavy (non-hydrogen) atoms. The van der Waals surface area contributed by atoms with Crippen molar-refractivity contribution in [2.75, 3.05) is 29.9 Å². The average Bonchev–Trinajstić information content (AvgIpc) is 3.39. The minimum Gasteiger partial charge on any atom is -0.494 e. The van der Waals surface area contributed by atoms with Gasteiger partial charge in [0, 0.05) is 47.3 Å². The maximum Gasteiger partial charge on any atom is 0.230 e. The molecule has 0 aliphatic rings. The molecule has 172 valence electrons. The maximum atomic E-state index is 12.8. The number of benzene rings is 2. The van der Waals surface area contributed by atoms with Crippen molar-refractivity contribution in [3.8, 4) is 17.0 Å². The van der Waals surface area contributed by atoms with Crippen LogP contribution in [0.1, 0.15) is 32.0 Å². The van der Waals surface area contributed by atoms with Crippen molar-refractivity contribution in [3.63, 3.8) is 0 Å². The van der Waals surface area contributed by atoms with Crippen LogP contribution in [0.5, 0.6) is 5.75 Å². The van der Waals surface area contributed by atoms with E-state index in [4.69, 9.17) is 9.72 Å². The summed E-state index contributed by atoms with van der Waals surface area (Å²) < 4.78 is 7.53. The van der Waals surface area contributed by atoms with Gasteiger partial charge in [-0.15, -0.1) is 11.3 Å². The number of rotatable bonds is 9. The Balaban J connectivity index is 1.47. The van der Waals surface area contributed by atoms with Crippen molar-refractivity contribution in [1.29, 1.82) is 0 Å². The van der Waals surface area contributed by atoms with Crippen molar-refractivity contribution in [3.05, 3.63) is 65.3 Å². The van der Waals surface area contributed by atoms with E-state index in [0.717, 1.165) is 52.0 Å². The summed E-state index contributed by atoms with van der Waals surface area (Å²) in [5, 5.41) is 5.07. The zero-order valence-electron chi connectivity index (χ0n) is 19.6. The Kier molecular flexibility index (Phi) is 6.99. The molecule has 0 aliphatic heterocycles. The van der Waals surface area contributed by atoms with Crippen LogP contribution in [0.2, 0.25) is 0 Å². The van der Waals surface area contributed by atoms with Crippen LogP contribution in [0.3, 0.4) is 0 Å². The van der Waals surface area contributed by atoms with Gasteiger partial charge >= 0.3 is 0 Å². The van der Waals surface area contributed by atoms with E-state index in [0.29, 0.717) is 6.61 Å². The number of amides is 1. The van der Waals surface area contributed by atoms with Gasteiger partial charge in [0.2, 0.25) is 5.91 Å². The number of nitrogens with one attached hydrogen (secondary N) is 1. The third-order valence-corrected chi connectivity index (χ3v) is 6.59. The third kappa shape index (κ3) is 5.03. The normalized spacial score (nSPS) is 11.0. The molecule has 0 spiro atoms. The molecule has 0 aliphatic carbocycles. The first-order chi connectivity index (χ1) is 16.0. The molecule has 0 saturated carbocycles. The number of anilines is 2. The van der Waals surface area contributed by atoms with Crippen molar-refractivity contribution in [2.45, 2.75) is 34.1 Å². The third-order valence-electron chi connectivity index (χ3n) is 5.70. The van der Waals surface area contributed by atoms with E-state index in [2.05, 4.69) is 36.2 Å². The molecule has 0 unspecified atom stereocenters. The van der Waals surface area contributed by atoms with Crippen molar-refractivity contribution >= 4 is 33.6 Å². The summed E-state index contributed by atoms with van der Waals surface area (Å²) in [4.78, 5) is 20.7. The van der Waals surface area contributed by atoms with Gasteiger partial charge in [-0.25, -0.2) is 4.98 Å². The predicted molar refractivity (Wildman–Crippen MR) is 137 cm³/mol. The first-order valence-electron chi connectivity index (χ1n) is 11.4. The molecule has 0 radical (unpaired) electrons. The van der Waals surface area contributed by atoms with Gasteiger partial charge in [-0.3, -0.25) is 9.20 Å². The van der Waals surface area contributed by atoms with E-state index in [-0.39, 0.29) is 12.3 Å². The van der Waals surface area contributed by atoms with E-state index in [1.165, 1.54) is 5.69 Å². The number of carbonyl (C=O) groups excluding carboxylic acids is 1. The smallest absolute Gasteiger partial charge is 0.230 e. The van der Waals surface area contributed by atoms with Crippen LogP contribution < -0.4 is 15.0 Å². The summed E-state index contributed by atoms with van der Waals surface area (Å²) in [5.41, 5.74) is 5.92. The maximum absolute atomic E-state index is 12.8. The molecule has 0 atom stereocenters. The lowest BCUT2D eigenvalue weighted by molar-refractivity contribution is -0.115. The number of carbonyl (C=O) groups is 1. The van der Waals surface area contributed by atoms with Gasteiger partial charge in [-0.1, -0.05) is 0 Å². The van der Waals surface area contributed by atoms with E-state index in [1.54, 1.807) is 11.3 Å². The highest BCUT2D eigenvalue weighted by Gasteiger charge is 2.14. The zero-order valence-corrected chi connectivity index (χ0v) is 20.4. The Morgan fingerprint density at radius 2 is 1.88 bits per heavy atom. The minimum atomic E-state index is -0.0373. The molecule has 2 heterocycles. The Labute approximate surface area is 198 Å². The van der Waals surface area contributed by atoms with Crippen LogP contribution in [0, 0.1) is 6.92 Å². The van der Waals surface area contributed by atoms with E-state index < -0.39 is 0 Å². The SMILES string of the molecule is CCOc1ccc(-c2cn3c(CC(=O)Nc4ccc(N(CC)CC)cc4C)csc3n2)cc1. The fourth-order valence-electron chi connectivity index (χ4n) is 3.92. The highest BCUT2D eigenvalue weighted by Crippen LogP contribution is 2.26. The van der Waals surface area contributed by atoms with Gasteiger partial charge in [-0.05, 0) is 75.7 Å². The molecular formula is C26H30N4O2S. The molecule has 0 fully saturated rings. The summed E-state index contributed by atoms with van der Waals surface area (Å²) in [5.74, 6) is 0.810. The second-order valence-corrected chi connectivity index (χ2v) is 8.70. The lowest BCUT2D eigenvalue weighted by Gasteiger charge is -2.22. The fraction of sp³-hybridized carbons (Fsp3) is 0.308. The van der Waals surface area contributed by atoms with Crippen LogP contribution in [-0.2, 0) is 11.2 Å². The van der Waals surface area contributed by atoms with Gasteiger partial charge in [0.15, 0.2) is 4.96 Å². The molecule has 1 amide bonds. The van der Waals surface area contributed by atoms with Gasteiger partial charge in [0.05, 0.1) is 18.7 Å². The lowest BCUT2D eigenvalue weighted by atomic mass is 10.1. The number of ether oxygens (including phenoxy) is 1. The average molecular weight is 463 g/mol. The van der Waals surface area contributed by atoms with Crippen LogP contribution in [0.4, 0.5) is 11.4 Å². The van der Waals surface area contributed by atoms with Crippen molar-refractivity contribution in [2.24, 2.45) is 0 Å². The molecule has 2 aromatic carbocycles. The molecule has 2 aromatic heterocycles. The summed E-state index contributed by atoms with van der Waals surface area (Å²) in [7, 11) is 0. The second kappa shape index (κ2) is 10.1. The van der Waals surface area contributed by atoms with E-state index in [1.807, 2.05) is 60.2 Å². The zero-order chi connectivity index (χ0) is 23.4. The molecular weight excluding hydrogens is 432 g/mol. The van der Waals surface area contributed by atoms with Crippen molar-refractivity contribution in [1.82, 2.24) is 9.38 Å². The molecule has 1 N–H and O–H groups in total. The molecule has 6 nitrogen and oxygen atoms in total. The van der Waals surface area contributed by atoms with Gasteiger partial charge in [0.1, 0.15) is 5.75 Å². The Morgan fingerprint density at radius 1 is 1.12 bits per heavy atom. The number of hydrogen-bond acceptors (Lipinski definition) is 5. The molecule has 4 aromatic rings. The Morgan fingerprint density at radius 3 is 2.55 bits per heavy atom. The summed E-state index contributed by atoms with van der Waals surface area (Å²) in [6.07, 6.45) is 2.28. The standard InChI is InChI=1S/C26H30N4O2S/c1-5-29(6-2)20-10-13-23(18(4)14-20)27-25(31)15-21-17-33-26-28-24(16-30(21)26)19-8-11-22(12-9-19)32-7-3/h8-14,16-17H,5-7,15H2,1-4H3,(H,27,31). The first-order valence-corrected chi connectivity index (χ1v) is 12.2. The van der Waals surface area contributed by atoms with E-state index >= 15 is 0 Å². The monoisotopic (exact) mass is 462 g/mol. The molecule has 4 rings (SSSR count). The van der Waals surface area contributed by atoms with Crippen LogP contribution in [-0.4, -0.2) is 35.0 Å². The summed E-state index contributed by atoms with van der Waals surface area (Å²) in [6, 6.07) is 14.1. The largest absolute Gasteiger partial charge is 0.494 e. The predicted octanol–water partition coefficient (Wildman–Crippen LogP) is 5.80. The highest BCUT2D eigenvalue weighted by molar-refractivity contribution is 7.15. The molecule has 7 heteroatoms.